The van der Waals surface area contributed by atoms with Crippen LogP contribution in [0.5, 0.6) is 0 Å². The lowest BCUT2D eigenvalue weighted by molar-refractivity contribution is 0.0989. The first-order valence-corrected chi connectivity index (χ1v) is 6.60. The van der Waals surface area contributed by atoms with Crippen molar-refractivity contribution in [3.8, 4) is 0 Å². The topological polar surface area (TPSA) is 47.8 Å². The summed E-state index contributed by atoms with van der Waals surface area (Å²) in [5.41, 5.74) is 0.531. The van der Waals surface area contributed by atoms with Crippen LogP contribution in [0.1, 0.15) is 30.0 Å². The lowest BCUT2D eigenvalue weighted by atomic mass is 10.1. The quantitative estimate of drug-likeness (QED) is 0.789. The van der Waals surface area contributed by atoms with E-state index < -0.39 is 0 Å². The van der Waals surface area contributed by atoms with E-state index in [0.717, 1.165) is 6.54 Å². The van der Waals surface area contributed by atoms with Gasteiger partial charge in [0.05, 0.1) is 11.4 Å². The molecule has 0 saturated heterocycles. The smallest absolute Gasteiger partial charge is 0.171 e. The molecule has 1 aromatic carbocycles. The van der Waals surface area contributed by atoms with E-state index >= 15 is 0 Å². The lowest BCUT2D eigenvalue weighted by Gasteiger charge is -2.08. The van der Waals surface area contributed by atoms with E-state index in [1.807, 2.05) is 0 Å². The van der Waals surface area contributed by atoms with Gasteiger partial charge in [0.2, 0.25) is 0 Å². The third kappa shape index (κ3) is 3.41. The molecule has 2 aromatic rings. The molecule has 0 saturated carbocycles. The maximum atomic E-state index is 12.2. The van der Waals surface area contributed by atoms with Crippen molar-refractivity contribution < 1.29 is 4.79 Å². The third-order valence-corrected chi connectivity index (χ3v) is 3.06. The molecule has 100 valence electrons. The first-order valence-electron chi connectivity index (χ1n) is 6.22. The van der Waals surface area contributed by atoms with Crippen LogP contribution in [-0.2, 0) is 13.0 Å². The molecule has 0 fully saturated rings. The van der Waals surface area contributed by atoms with E-state index in [0.29, 0.717) is 22.3 Å². The molecule has 2 rings (SSSR count). The van der Waals surface area contributed by atoms with Crippen molar-refractivity contribution in [3.05, 3.63) is 47.0 Å². The summed E-state index contributed by atoms with van der Waals surface area (Å²) in [6.07, 6.45) is 1.70. The zero-order chi connectivity index (χ0) is 13.8. The molecule has 19 heavy (non-hydrogen) atoms. The molecule has 0 radical (unpaired) electrons. The summed E-state index contributed by atoms with van der Waals surface area (Å²) >= 11 is 6.02. The van der Waals surface area contributed by atoms with E-state index in [-0.39, 0.29) is 12.2 Å². The van der Waals surface area contributed by atoms with Gasteiger partial charge in [-0.05, 0) is 18.1 Å². The van der Waals surface area contributed by atoms with Crippen molar-refractivity contribution in [3.63, 3.8) is 0 Å². The molecule has 0 bridgehead atoms. The first kappa shape index (κ1) is 13.7. The monoisotopic (exact) mass is 277 g/mol. The number of carbonyl (C=O) groups is 1. The molecule has 0 N–H and O–H groups in total. The zero-order valence-electron chi connectivity index (χ0n) is 11.0. The Bertz CT molecular complexity index is 578. The molecule has 1 heterocycles. The highest BCUT2D eigenvalue weighted by Crippen LogP contribution is 2.17. The number of ketones is 1. The minimum atomic E-state index is -0.0383. The Kier molecular flexibility index (Phi) is 4.32. The Morgan fingerprint density at radius 2 is 2.11 bits per heavy atom. The predicted molar refractivity (Wildman–Crippen MR) is 74.3 cm³/mol. The highest BCUT2D eigenvalue weighted by molar-refractivity contribution is 6.34. The van der Waals surface area contributed by atoms with Gasteiger partial charge in [-0.1, -0.05) is 37.6 Å². The fraction of sp³-hybridized carbons (Fsp3) is 0.357. The van der Waals surface area contributed by atoms with Crippen LogP contribution in [-0.4, -0.2) is 20.5 Å². The molecule has 0 aliphatic rings. The van der Waals surface area contributed by atoms with Gasteiger partial charge in [-0.15, -0.1) is 0 Å². The molecule has 0 unspecified atom stereocenters. The average molecular weight is 278 g/mol. The summed E-state index contributed by atoms with van der Waals surface area (Å²) in [4.78, 5) is 16.4. The minimum absolute atomic E-state index is 0.0383. The normalized spacial score (nSPS) is 10.9. The van der Waals surface area contributed by atoms with Gasteiger partial charge in [-0.25, -0.2) is 9.67 Å². The molecule has 0 aliphatic heterocycles. The van der Waals surface area contributed by atoms with Gasteiger partial charge in [0, 0.05) is 12.1 Å². The number of carbonyl (C=O) groups excluding carboxylic acids is 1. The Labute approximate surface area is 117 Å². The highest BCUT2D eigenvalue weighted by Gasteiger charge is 2.14. The Morgan fingerprint density at radius 3 is 2.79 bits per heavy atom. The fourth-order valence-corrected chi connectivity index (χ4v) is 2.09. The van der Waals surface area contributed by atoms with E-state index in [1.54, 1.807) is 28.9 Å². The maximum absolute atomic E-state index is 12.2. The standard InChI is InChI=1S/C14H16ClN3O/c1-10(2)8-18-14(16-9-17-18)7-13(19)11-5-3-4-6-12(11)15/h3-6,9-10H,7-8H2,1-2H3. The molecular formula is C14H16ClN3O. The number of Topliss-reactive ketones (excluding diaryl/α,β-unsaturated/α-hetero) is 1. The largest absolute Gasteiger partial charge is 0.294 e. The number of hydrogen-bond donors (Lipinski definition) is 0. The molecule has 0 atom stereocenters. The zero-order valence-corrected chi connectivity index (χ0v) is 11.8. The molecule has 0 amide bonds. The van der Waals surface area contributed by atoms with Crippen molar-refractivity contribution in [2.45, 2.75) is 26.8 Å². The van der Waals surface area contributed by atoms with Gasteiger partial charge < -0.3 is 0 Å². The van der Waals surface area contributed by atoms with Crippen molar-refractivity contribution in [1.29, 1.82) is 0 Å². The molecule has 0 spiro atoms. The summed E-state index contributed by atoms with van der Waals surface area (Å²) in [7, 11) is 0. The van der Waals surface area contributed by atoms with Crippen LogP contribution < -0.4 is 0 Å². The van der Waals surface area contributed by atoms with Crippen molar-refractivity contribution >= 4 is 17.4 Å². The molecule has 1 aromatic heterocycles. The number of halogens is 1. The van der Waals surface area contributed by atoms with Gasteiger partial charge in [-0.3, -0.25) is 4.79 Å². The number of benzene rings is 1. The summed E-state index contributed by atoms with van der Waals surface area (Å²) in [6, 6.07) is 7.06. The van der Waals surface area contributed by atoms with Crippen LogP contribution in [0, 0.1) is 5.92 Å². The number of rotatable bonds is 5. The van der Waals surface area contributed by atoms with Gasteiger partial charge in [0.25, 0.3) is 0 Å². The van der Waals surface area contributed by atoms with Crippen LogP contribution in [0.15, 0.2) is 30.6 Å². The van der Waals surface area contributed by atoms with Gasteiger partial charge in [0.15, 0.2) is 5.78 Å². The lowest BCUT2D eigenvalue weighted by Crippen LogP contribution is -2.14. The van der Waals surface area contributed by atoms with E-state index in [9.17, 15) is 4.79 Å². The van der Waals surface area contributed by atoms with E-state index in [1.165, 1.54) is 6.33 Å². The molecule has 5 heteroatoms. The summed E-state index contributed by atoms with van der Waals surface area (Å²) in [5, 5.41) is 4.62. The van der Waals surface area contributed by atoms with Crippen molar-refractivity contribution in [1.82, 2.24) is 14.8 Å². The van der Waals surface area contributed by atoms with E-state index in [4.69, 9.17) is 11.6 Å². The SMILES string of the molecule is CC(C)Cn1ncnc1CC(=O)c1ccccc1Cl. The Balaban J connectivity index is 2.16. The minimum Gasteiger partial charge on any atom is -0.294 e. The fourth-order valence-electron chi connectivity index (χ4n) is 1.85. The third-order valence-electron chi connectivity index (χ3n) is 2.73. The van der Waals surface area contributed by atoms with Crippen LogP contribution in [0.2, 0.25) is 5.02 Å². The molecule has 0 aliphatic carbocycles. The number of hydrogen-bond acceptors (Lipinski definition) is 3. The van der Waals surface area contributed by atoms with Crippen molar-refractivity contribution in [2.24, 2.45) is 5.92 Å². The van der Waals surface area contributed by atoms with Crippen LogP contribution in [0.3, 0.4) is 0 Å². The second kappa shape index (κ2) is 5.97. The Hall–Kier alpha value is -1.68. The number of nitrogens with zero attached hydrogens (tertiary/aromatic N) is 3. The summed E-state index contributed by atoms with van der Waals surface area (Å²) < 4.78 is 1.78. The van der Waals surface area contributed by atoms with Crippen LogP contribution in [0.25, 0.3) is 0 Å². The molecule has 4 nitrogen and oxygen atoms in total. The first-order chi connectivity index (χ1) is 9.08. The van der Waals surface area contributed by atoms with Gasteiger partial charge in [0.1, 0.15) is 12.2 Å². The van der Waals surface area contributed by atoms with Crippen LogP contribution >= 0.6 is 11.6 Å². The molecular weight excluding hydrogens is 262 g/mol. The second-order valence-electron chi connectivity index (χ2n) is 4.83. The second-order valence-corrected chi connectivity index (χ2v) is 5.24. The van der Waals surface area contributed by atoms with Crippen LogP contribution in [0.4, 0.5) is 0 Å². The average Bonchev–Trinajstić information content (AvgIpc) is 2.76. The highest BCUT2D eigenvalue weighted by atomic mass is 35.5. The summed E-state index contributed by atoms with van der Waals surface area (Å²) in [5.74, 6) is 1.10. The predicted octanol–water partition coefficient (Wildman–Crippen LogP) is 3.01. The maximum Gasteiger partial charge on any atom is 0.171 e. The number of aromatic nitrogens is 3. The van der Waals surface area contributed by atoms with Gasteiger partial charge in [-0.2, -0.15) is 5.10 Å². The van der Waals surface area contributed by atoms with Crippen molar-refractivity contribution in [2.75, 3.05) is 0 Å². The summed E-state index contributed by atoms with van der Waals surface area (Å²) in [6.45, 7) is 4.95. The van der Waals surface area contributed by atoms with E-state index in [2.05, 4.69) is 23.9 Å². The van der Waals surface area contributed by atoms with Gasteiger partial charge >= 0.3 is 0 Å². The Morgan fingerprint density at radius 1 is 1.37 bits per heavy atom.